The van der Waals surface area contributed by atoms with Gasteiger partial charge in [0.2, 0.25) is 23.1 Å². The summed E-state index contributed by atoms with van der Waals surface area (Å²) in [5.41, 5.74) is -0.336. The second-order valence-electron chi connectivity index (χ2n) is 9.80. The molecule has 1 unspecified atom stereocenters. The Morgan fingerprint density at radius 1 is 1.00 bits per heavy atom. The van der Waals surface area contributed by atoms with Crippen LogP contribution in [0, 0.1) is 5.92 Å². The molecule has 6 rings (SSSR count). The van der Waals surface area contributed by atoms with Crippen LogP contribution in [0.5, 0.6) is 29.0 Å². The molecule has 1 aliphatic carbocycles. The molecule has 1 N–H and O–H groups in total. The fourth-order valence-corrected chi connectivity index (χ4v) is 5.98. The Bertz CT molecular complexity index is 1610. The van der Waals surface area contributed by atoms with Gasteiger partial charge in [-0.15, -0.1) is 0 Å². The average Bonchev–Trinajstić information content (AvgIpc) is 3.27. The number of aromatic nitrogens is 2. The average molecular weight is 562 g/mol. The molecule has 40 heavy (non-hydrogen) atoms. The van der Waals surface area contributed by atoms with Crippen molar-refractivity contribution in [2.45, 2.75) is 31.3 Å². The zero-order valence-electron chi connectivity index (χ0n) is 21.8. The summed E-state index contributed by atoms with van der Waals surface area (Å²) in [4.78, 5) is 49.5. The van der Waals surface area contributed by atoms with E-state index in [-0.39, 0.29) is 52.6 Å². The van der Waals surface area contributed by atoms with E-state index < -0.39 is 29.0 Å². The zero-order chi connectivity index (χ0) is 28.2. The molecule has 11 heteroatoms. The van der Waals surface area contributed by atoms with Crippen LogP contribution in [-0.4, -0.2) is 47.3 Å². The summed E-state index contributed by atoms with van der Waals surface area (Å²) in [5, 5.41) is 2.93. The first-order valence-electron chi connectivity index (χ1n) is 12.6. The van der Waals surface area contributed by atoms with Crippen LogP contribution in [-0.2, 0) is 9.59 Å². The maximum absolute atomic E-state index is 14.5. The molecule has 2 aromatic carbocycles. The number of carbonyl (C=O) groups excluding carboxylic acids is 3. The van der Waals surface area contributed by atoms with Gasteiger partial charge >= 0.3 is 6.01 Å². The lowest BCUT2D eigenvalue weighted by Crippen LogP contribution is -2.59. The summed E-state index contributed by atoms with van der Waals surface area (Å²) in [6.45, 7) is 1.74. The number of rotatable bonds is 5. The minimum atomic E-state index is -1.88. The summed E-state index contributed by atoms with van der Waals surface area (Å²) in [7, 11) is 2.85. The predicted molar refractivity (Wildman–Crippen MR) is 142 cm³/mol. The van der Waals surface area contributed by atoms with Gasteiger partial charge in [-0.2, -0.15) is 0 Å². The van der Waals surface area contributed by atoms with E-state index in [1.165, 1.54) is 20.3 Å². The van der Waals surface area contributed by atoms with E-state index in [1.54, 1.807) is 49.6 Å². The van der Waals surface area contributed by atoms with Gasteiger partial charge in [-0.1, -0.05) is 30.7 Å². The lowest BCUT2D eigenvalue weighted by molar-refractivity contribution is -0.131. The molecule has 0 bridgehead atoms. The van der Waals surface area contributed by atoms with Crippen molar-refractivity contribution in [2.75, 3.05) is 14.2 Å². The topological polar surface area (TPSA) is 126 Å². The number of hydrogen-bond donors (Lipinski definition) is 1. The molecule has 3 aromatic rings. The van der Waals surface area contributed by atoms with Crippen LogP contribution in [0.15, 0.2) is 60.1 Å². The number of benzene rings is 2. The molecule has 3 atom stereocenters. The highest BCUT2D eigenvalue weighted by molar-refractivity contribution is 6.36. The van der Waals surface area contributed by atoms with Crippen LogP contribution >= 0.6 is 11.6 Å². The lowest BCUT2D eigenvalue weighted by Gasteiger charge is -2.41. The molecule has 0 fully saturated rings. The van der Waals surface area contributed by atoms with Crippen molar-refractivity contribution in [3.63, 3.8) is 0 Å². The molecule has 204 valence electrons. The Balaban J connectivity index is 1.43. The highest BCUT2D eigenvalue weighted by Gasteiger charge is 2.63. The number of ketones is 2. The largest absolute Gasteiger partial charge is 0.496 e. The molecule has 1 amide bonds. The van der Waals surface area contributed by atoms with Gasteiger partial charge in [0.15, 0.2) is 5.75 Å². The Kier molecular flexibility index (Phi) is 6.22. The predicted octanol–water partition coefficient (Wildman–Crippen LogP) is 4.42. The number of halogens is 1. The van der Waals surface area contributed by atoms with Crippen LogP contribution in [0.2, 0.25) is 5.02 Å². The molecule has 2 aliphatic heterocycles. The van der Waals surface area contributed by atoms with Gasteiger partial charge in [0.1, 0.15) is 27.8 Å². The number of hydrogen-bond acceptors (Lipinski definition) is 9. The van der Waals surface area contributed by atoms with E-state index in [4.69, 9.17) is 30.5 Å². The minimum absolute atomic E-state index is 0.000631. The molecule has 0 radical (unpaired) electrons. The summed E-state index contributed by atoms with van der Waals surface area (Å²) in [5.74, 6) is -1.63. The quantitative estimate of drug-likeness (QED) is 0.450. The number of carbonyl (C=O) groups is 3. The number of amides is 1. The molecule has 1 spiro atoms. The van der Waals surface area contributed by atoms with Crippen molar-refractivity contribution in [3.8, 4) is 29.0 Å². The molecule has 1 aromatic heterocycles. The fraction of sp³-hybridized carbons (Fsp3) is 0.276. The number of ether oxygens (including phenoxy) is 4. The second-order valence-corrected chi connectivity index (χ2v) is 10.2. The van der Waals surface area contributed by atoms with Crippen molar-refractivity contribution in [1.82, 2.24) is 15.3 Å². The maximum atomic E-state index is 14.5. The number of allylic oxidation sites excluding steroid dienone is 1. The van der Waals surface area contributed by atoms with Gasteiger partial charge in [-0.3, -0.25) is 14.4 Å². The van der Waals surface area contributed by atoms with Crippen LogP contribution in [0.1, 0.15) is 41.6 Å². The monoisotopic (exact) mass is 561 g/mol. The molecule has 0 saturated heterocycles. The zero-order valence-corrected chi connectivity index (χ0v) is 22.6. The molecular formula is C29H24ClN3O7. The second kappa shape index (κ2) is 9.63. The molecular weight excluding hydrogens is 538 g/mol. The Hall–Kier alpha value is -4.44. The van der Waals surface area contributed by atoms with Crippen molar-refractivity contribution in [3.05, 3.63) is 76.2 Å². The van der Waals surface area contributed by atoms with Crippen LogP contribution in [0.25, 0.3) is 0 Å². The third-order valence-corrected chi connectivity index (χ3v) is 7.93. The number of nitrogens with one attached hydrogen (secondary N) is 1. The Morgan fingerprint density at radius 2 is 1.75 bits per heavy atom. The normalized spacial score (nSPS) is 23.4. The first kappa shape index (κ1) is 25.8. The van der Waals surface area contributed by atoms with Gasteiger partial charge in [-0.25, -0.2) is 9.97 Å². The van der Waals surface area contributed by atoms with Gasteiger partial charge in [0.25, 0.3) is 0 Å². The highest BCUT2D eigenvalue weighted by atomic mass is 35.5. The number of methoxy groups -OCH3 is 2. The third kappa shape index (κ3) is 3.82. The summed E-state index contributed by atoms with van der Waals surface area (Å²) in [6, 6.07) is 10.4. The number of fused-ring (bicyclic) bond motifs is 1. The smallest absolute Gasteiger partial charge is 0.321 e. The summed E-state index contributed by atoms with van der Waals surface area (Å²) < 4.78 is 22.9. The van der Waals surface area contributed by atoms with E-state index in [2.05, 4.69) is 15.3 Å². The van der Waals surface area contributed by atoms with Crippen LogP contribution < -0.4 is 24.3 Å². The van der Waals surface area contributed by atoms with Gasteiger partial charge < -0.3 is 24.3 Å². The summed E-state index contributed by atoms with van der Waals surface area (Å²) >= 11 is 6.55. The van der Waals surface area contributed by atoms with Crippen LogP contribution in [0.4, 0.5) is 0 Å². The molecule has 3 aliphatic rings. The molecule has 10 nitrogen and oxygen atoms in total. The SMILES string of the molecule is COc1cc(OC)c2c(c1Cl)O[C@@]1(C(=O)C3=C(C[C@H]1C)NC(=O)CC3c1cccc(Oc3ncccn3)c1)C2=O. The van der Waals surface area contributed by atoms with E-state index in [1.807, 2.05) is 0 Å². The van der Waals surface area contributed by atoms with Crippen molar-refractivity contribution in [2.24, 2.45) is 5.92 Å². The van der Waals surface area contributed by atoms with E-state index in [9.17, 15) is 14.4 Å². The maximum Gasteiger partial charge on any atom is 0.321 e. The lowest BCUT2D eigenvalue weighted by atomic mass is 9.66. The van der Waals surface area contributed by atoms with E-state index in [0.29, 0.717) is 22.6 Å². The van der Waals surface area contributed by atoms with Crippen LogP contribution in [0.3, 0.4) is 0 Å². The first-order valence-corrected chi connectivity index (χ1v) is 13.0. The first-order chi connectivity index (χ1) is 19.3. The Morgan fingerprint density at radius 3 is 2.48 bits per heavy atom. The van der Waals surface area contributed by atoms with E-state index in [0.717, 1.165) is 0 Å². The van der Waals surface area contributed by atoms with Gasteiger partial charge in [0.05, 0.1) is 14.2 Å². The fourth-order valence-electron chi connectivity index (χ4n) is 5.71. The third-order valence-electron chi connectivity index (χ3n) is 7.57. The number of Topliss-reactive ketones (excluding diaryl/α,β-unsaturated/α-hetero) is 2. The van der Waals surface area contributed by atoms with Gasteiger partial charge in [0, 0.05) is 48.0 Å². The standard InChI is InChI=1S/C29H24ClN3O7/c1-14-10-18-22(26(35)29(14)27(36)23-19(37-2)13-20(38-3)24(30)25(23)40-29)17(12-21(34)33-18)15-6-4-7-16(11-15)39-28-31-8-5-9-32-28/h4-9,11,13-14,17H,10,12H2,1-3H3,(H,33,34)/t14-,17?,29+/m1/s1. The van der Waals surface area contributed by atoms with E-state index >= 15 is 0 Å². The number of nitrogens with zero attached hydrogens (tertiary/aromatic N) is 2. The molecule has 3 heterocycles. The minimum Gasteiger partial charge on any atom is -0.496 e. The van der Waals surface area contributed by atoms with Crippen molar-refractivity contribution < 1.29 is 33.3 Å². The van der Waals surface area contributed by atoms with Gasteiger partial charge in [-0.05, 0) is 30.2 Å². The van der Waals surface area contributed by atoms with Crippen molar-refractivity contribution >= 4 is 29.1 Å². The summed E-state index contributed by atoms with van der Waals surface area (Å²) in [6.07, 6.45) is 3.35. The highest BCUT2D eigenvalue weighted by Crippen LogP contribution is 2.55. The Labute approximate surface area is 234 Å². The van der Waals surface area contributed by atoms with Crippen molar-refractivity contribution in [1.29, 1.82) is 0 Å². The molecule has 0 saturated carbocycles.